The van der Waals surface area contributed by atoms with Crippen LogP contribution >= 0.6 is 0 Å². The quantitative estimate of drug-likeness (QED) is 0.699. The minimum absolute atomic E-state index is 0.139. The molecule has 4 heteroatoms. The van der Waals surface area contributed by atoms with E-state index in [9.17, 15) is 4.79 Å². The predicted molar refractivity (Wildman–Crippen MR) is 101 cm³/mol. The second-order valence-electron chi connectivity index (χ2n) is 6.82. The van der Waals surface area contributed by atoms with Crippen LogP contribution in [0, 0.1) is 0 Å². The maximum absolute atomic E-state index is 12.9. The van der Waals surface area contributed by atoms with E-state index in [4.69, 9.17) is 9.15 Å². The second-order valence-corrected chi connectivity index (χ2v) is 6.82. The molecular formula is C22H23NO3. The molecule has 134 valence electrons. The summed E-state index contributed by atoms with van der Waals surface area (Å²) in [6.45, 7) is 0.300. The van der Waals surface area contributed by atoms with Gasteiger partial charge in [-0.3, -0.25) is 4.79 Å². The number of ether oxygens (including phenoxy) is 1. The Morgan fingerprint density at radius 1 is 1.00 bits per heavy atom. The molecule has 1 aliphatic carbocycles. The number of furan rings is 1. The molecule has 0 aliphatic heterocycles. The highest BCUT2D eigenvalue weighted by atomic mass is 16.5. The lowest BCUT2D eigenvalue weighted by atomic mass is 9.95. The fraction of sp³-hybridized carbons (Fsp3) is 0.318. The molecule has 1 aromatic heterocycles. The van der Waals surface area contributed by atoms with Crippen molar-refractivity contribution < 1.29 is 13.9 Å². The van der Waals surface area contributed by atoms with Crippen molar-refractivity contribution in [3.63, 3.8) is 0 Å². The first-order chi connectivity index (χ1) is 12.8. The van der Waals surface area contributed by atoms with Crippen LogP contribution in [0.5, 0.6) is 5.75 Å². The van der Waals surface area contributed by atoms with Gasteiger partial charge < -0.3 is 14.5 Å². The van der Waals surface area contributed by atoms with E-state index in [1.807, 2.05) is 54.6 Å². The summed E-state index contributed by atoms with van der Waals surface area (Å²) in [6.07, 6.45) is 5.70. The van der Waals surface area contributed by atoms with Crippen LogP contribution in [0.25, 0.3) is 11.0 Å². The summed E-state index contributed by atoms with van der Waals surface area (Å²) >= 11 is 0. The van der Waals surface area contributed by atoms with Crippen LogP contribution in [-0.2, 0) is 6.61 Å². The Hall–Kier alpha value is -2.75. The van der Waals surface area contributed by atoms with Crippen LogP contribution in [-0.4, -0.2) is 11.9 Å². The summed E-state index contributed by atoms with van der Waals surface area (Å²) in [5, 5.41) is 4.07. The Labute approximate surface area is 153 Å². The highest BCUT2D eigenvalue weighted by Crippen LogP contribution is 2.28. The monoisotopic (exact) mass is 349 g/mol. The number of fused-ring (bicyclic) bond motifs is 1. The zero-order valence-corrected chi connectivity index (χ0v) is 14.7. The molecule has 1 fully saturated rings. The van der Waals surface area contributed by atoms with Gasteiger partial charge in [-0.05, 0) is 31.0 Å². The zero-order chi connectivity index (χ0) is 17.8. The van der Waals surface area contributed by atoms with Gasteiger partial charge in [-0.15, -0.1) is 0 Å². The summed E-state index contributed by atoms with van der Waals surface area (Å²) < 4.78 is 11.8. The molecule has 0 bridgehead atoms. The minimum Gasteiger partial charge on any atom is -0.489 e. The Morgan fingerprint density at radius 3 is 2.54 bits per heavy atom. The lowest BCUT2D eigenvalue weighted by Gasteiger charge is -2.22. The molecule has 0 spiro atoms. The van der Waals surface area contributed by atoms with Crippen molar-refractivity contribution in [3.8, 4) is 5.75 Å². The van der Waals surface area contributed by atoms with Crippen molar-refractivity contribution in [2.24, 2.45) is 0 Å². The van der Waals surface area contributed by atoms with Crippen LogP contribution < -0.4 is 10.1 Å². The first kappa shape index (κ1) is 16.7. The van der Waals surface area contributed by atoms with Crippen molar-refractivity contribution in [3.05, 3.63) is 65.9 Å². The van der Waals surface area contributed by atoms with Crippen molar-refractivity contribution >= 4 is 16.9 Å². The van der Waals surface area contributed by atoms with E-state index in [1.54, 1.807) is 0 Å². The number of hydrogen-bond donors (Lipinski definition) is 1. The molecule has 4 rings (SSSR count). The molecule has 1 N–H and O–H groups in total. The highest BCUT2D eigenvalue weighted by Gasteiger charge is 2.24. The van der Waals surface area contributed by atoms with Gasteiger partial charge in [-0.25, -0.2) is 0 Å². The average Bonchev–Trinajstić information content (AvgIpc) is 3.07. The van der Waals surface area contributed by atoms with Crippen LogP contribution in [0.1, 0.15) is 48.2 Å². The van der Waals surface area contributed by atoms with E-state index in [1.165, 1.54) is 19.3 Å². The summed E-state index contributed by atoms with van der Waals surface area (Å²) in [7, 11) is 0. The molecule has 1 amide bonds. The summed E-state index contributed by atoms with van der Waals surface area (Å²) in [6, 6.07) is 17.6. The first-order valence-corrected chi connectivity index (χ1v) is 9.30. The van der Waals surface area contributed by atoms with Crippen LogP contribution in [0.15, 0.2) is 59.0 Å². The molecule has 2 aromatic carbocycles. The van der Waals surface area contributed by atoms with Gasteiger partial charge in [0.25, 0.3) is 5.91 Å². The molecule has 1 heterocycles. The highest BCUT2D eigenvalue weighted by molar-refractivity contribution is 5.99. The number of carbonyl (C=O) groups is 1. The molecule has 3 aromatic rings. The van der Waals surface area contributed by atoms with E-state index in [-0.39, 0.29) is 11.9 Å². The fourth-order valence-corrected chi connectivity index (χ4v) is 3.60. The second kappa shape index (κ2) is 7.65. The van der Waals surface area contributed by atoms with Gasteiger partial charge in [0.05, 0.1) is 0 Å². The molecule has 1 saturated carbocycles. The SMILES string of the molecule is O=C(NC1CCCCC1)c1oc2ccccc2c1COc1ccccc1. The third kappa shape index (κ3) is 3.59. The number of carbonyl (C=O) groups excluding carboxylic acids is 1. The van der Waals surface area contributed by atoms with E-state index in [0.29, 0.717) is 18.0 Å². The van der Waals surface area contributed by atoms with Crippen molar-refractivity contribution in [1.29, 1.82) is 0 Å². The first-order valence-electron chi connectivity index (χ1n) is 9.30. The Morgan fingerprint density at radius 2 is 1.73 bits per heavy atom. The topological polar surface area (TPSA) is 51.5 Å². The van der Waals surface area contributed by atoms with Gasteiger partial charge in [0.2, 0.25) is 0 Å². The summed E-state index contributed by atoms with van der Waals surface area (Å²) in [5.74, 6) is 1.00. The zero-order valence-electron chi connectivity index (χ0n) is 14.7. The van der Waals surface area contributed by atoms with Gasteiger partial charge in [0, 0.05) is 17.0 Å². The Kier molecular flexibility index (Phi) is 4.91. The van der Waals surface area contributed by atoms with Gasteiger partial charge in [-0.2, -0.15) is 0 Å². The van der Waals surface area contributed by atoms with Crippen molar-refractivity contribution in [2.45, 2.75) is 44.8 Å². The molecule has 4 nitrogen and oxygen atoms in total. The van der Waals surface area contributed by atoms with E-state index >= 15 is 0 Å². The molecular weight excluding hydrogens is 326 g/mol. The van der Waals surface area contributed by atoms with E-state index in [2.05, 4.69) is 5.32 Å². The van der Waals surface area contributed by atoms with E-state index < -0.39 is 0 Å². The Balaban J connectivity index is 1.59. The maximum atomic E-state index is 12.9. The van der Waals surface area contributed by atoms with Gasteiger partial charge in [0.1, 0.15) is 17.9 Å². The lowest BCUT2D eigenvalue weighted by molar-refractivity contribution is 0.0898. The summed E-state index contributed by atoms with van der Waals surface area (Å²) in [4.78, 5) is 12.9. The van der Waals surface area contributed by atoms with Crippen LogP contribution in [0.3, 0.4) is 0 Å². The number of rotatable bonds is 5. The Bertz CT molecular complexity index is 879. The number of hydrogen-bond acceptors (Lipinski definition) is 3. The van der Waals surface area contributed by atoms with Crippen molar-refractivity contribution in [1.82, 2.24) is 5.32 Å². The predicted octanol–water partition coefficient (Wildman–Crippen LogP) is 5.07. The smallest absolute Gasteiger partial charge is 0.287 e. The molecule has 0 unspecified atom stereocenters. The molecule has 1 aliphatic rings. The lowest BCUT2D eigenvalue weighted by Crippen LogP contribution is -2.36. The standard InChI is InChI=1S/C22H23NO3/c24-22(23-16-9-3-1-4-10-16)21-19(15-25-17-11-5-2-6-12-17)18-13-7-8-14-20(18)26-21/h2,5-8,11-14,16H,1,3-4,9-10,15H2,(H,23,24). The fourth-order valence-electron chi connectivity index (χ4n) is 3.60. The largest absolute Gasteiger partial charge is 0.489 e. The number of nitrogens with one attached hydrogen (secondary N) is 1. The molecule has 26 heavy (non-hydrogen) atoms. The van der Waals surface area contributed by atoms with Crippen molar-refractivity contribution in [2.75, 3.05) is 0 Å². The summed E-state index contributed by atoms with van der Waals surface area (Å²) in [5.41, 5.74) is 1.52. The maximum Gasteiger partial charge on any atom is 0.287 e. The molecule has 0 saturated heterocycles. The molecule has 0 atom stereocenters. The minimum atomic E-state index is -0.139. The average molecular weight is 349 g/mol. The van der Waals surface area contributed by atoms with Gasteiger partial charge in [-0.1, -0.05) is 55.7 Å². The normalized spacial score (nSPS) is 15.1. The number of benzene rings is 2. The van der Waals surface area contributed by atoms with Gasteiger partial charge >= 0.3 is 0 Å². The van der Waals surface area contributed by atoms with Crippen LogP contribution in [0.2, 0.25) is 0 Å². The third-order valence-corrected chi connectivity index (χ3v) is 4.97. The van der Waals surface area contributed by atoms with Crippen LogP contribution in [0.4, 0.5) is 0 Å². The molecule has 0 radical (unpaired) electrons. The number of amides is 1. The third-order valence-electron chi connectivity index (χ3n) is 4.97. The number of para-hydroxylation sites is 2. The van der Waals surface area contributed by atoms with E-state index in [0.717, 1.165) is 29.5 Å². The van der Waals surface area contributed by atoms with Gasteiger partial charge in [0.15, 0.2) is 5.76 Å².